The third-order valence-corrected chi connectivity index (χ3v) is 2.77. The van der Waals surface area contributed by atoms with Gasteiger partial charge in [0.05, 0.1) is 6.10 Å². The molecule has 2 heteroatoms. The van der Waals surface area contributed by atoms with E-state index in [1.807, 2.05) is 0 Å². The lowest BCUT2D eigenvalue weighted by Gasteiger charge is -2.33. The van der Waals surface area contributed by atoms with Crippen molar-refractivity contribution in [3.8, 4) is 0 Å². The molecule has 1 aliphatic carbocycles. The molecule has 1 rings (SSSR count). The maximum Gasteiger partial charge on any atom is 0.0585 e. The lowest BCUT2D eigenvalue weighted by atomic mass is 9.78. The lowest BCUT2D eigenvalue weighted by molar-refractivity contribution is 0.0382. The van der Waals surface area contributed by atoms with Crippen LogP contribution >= 0.6 is 0 Å². The Kier molecular flexibility index (Phi) is 2.90. The van der Waals surface area contributed by atoms with Gasteiger partial charge in [-0.2, -0.15) is 0 Å². The molecule has 2 nitrogen and oxygen atoms in total. The van der Waals surface area contributed by atoms with Crippen LogP contribution in [0.5, 0.6) is 0 Å². The van der Waals surface area contributed by atoms with E-state index in [1.165, 1.54) is 0 Å². The molecule has 66 valence electrons. The Balaban J connectivity index is 2.44. The van der Waals surface area contributed by atoms with E-state index in [9.17, 15) is 5.11 Å². The summed E-state index contributed by atoms with van der Waals surface area (Å²) in [5.41, 5.74) is 5.73. The summed E-state index contributed by atoms with van der Waals surface area (Å²) in [5, 5.41) is 9.63. The average Bonchev–Trinajstić information content (AvgIpc) is 1.85. The van der Waals surface area contributed by atoms with Crippen molar-refractivity contribution in [1.29, 1.82) is 0 Å². The van der Waals surface area contributed by atoms with E-state index < -0.39 is 0 Å². The molecule has 11 heavy (non-hydrogen) atoms. The number of hydrogen-bond acceptors (Lipinski definition) is 2. The smallest absolute Gasteiger partial charge is 0.0585 e. The number of rotatable bonds is 1. The molecule has 0 aromatic carbocycles. The van der Waals surface area contributed by atoms with E-state index in [1.54, 1.807) is 0 Å². The highest BCUT2D eigenvalue weighted by Crippen LogP contribution is 2.29. The number of nitrogens with two attached hydrogens (primary N) is 1. The van der Waals surface area contributed by atoms with E-state index in [4.69, 9.17) is 5.73 Å². The first-order chi connectivity index (χ1) is 5.11. The van der Waals surface area contributed by atoms with Crippen LogP contribution in [0, 0.1) is 11.8 Å². The quantitative estimate of drug-likeness (QED) is 0.599. The fourth-order valence-corrected chi connectivity index (χ4v) is 1.98. The maximum absolute atomic E-state index is 9.63. The molecule has 0 radical (unpaired) electrons. The van der Waals surface area contributed by atoms with Gasteiger partial charge in [0.25, 0.3) is 0 Å². The second-order valence-electron chi connectivity index (χ2n) is 4.05. The van der Waals surface area contributed by atoms with Crippen molar-refractivity contribution in [2.24, 2.45) is 17.6 Å². The topological polar surface area (TPSA) is 46.2 Å². The molecule has 0 bridgehead atoms. The summed E-state index contributed by atoms with van der Waals surface area (Å²) in [6, 6.07) is 0.236. The highest BCUT2D eigenvalue weighted by molar-refractivity contribution is 4.82. The maximum atomic E-state index is 9.63. The third-order valence-electron chi connectivity index (χ3n) is 2.77. The molecule has 0 heterocycles. The van der Waals surface area contributed by atoms with Crippen LogP contribution in [-0.4, -0.2) is 17.3 Å². The van der Waals surface area contributed by atoms with Gasteiger partial charge in [-0.15, -0.1) is 0 Å². The Morgan fingerprint density at radius 1 is 1.36 bits per heavy atom. The lowest BCUT2D eigenvalue weighted by Crippen LogP contribution is -2.38. The van der Waals surface area contributed by atoms with Gasteiger partial charge in [-0.1, -0.05) is 13.8 Å². The van der Waals surface area contributed by atoms with Gasteiger partial charge in [0.15, 0.2) is 0 Å². The molecule has 0 saturated heterocycles. The number of aliphatic hydroxyl groups is 1. The van der Waals surface area contributed by atoms with Crippen LogP contribution in [0.15, 0.2) is 0 Å². The summed E-state index contributed by atoms with van der Waals surface area (Å²) >= 11 is 0. The Morgan fingerprint density at radius 3 is 2.45 bits per heavy atom. The van der Waals surface area contributed by atoms with Crippen LogP contribution < -0.4 is 5.73 Å². The zero-order chi connectivity index (χ0) is 8.43. The van der Waals surface area contributed by atoms with Crippen molar-refractivity contribution in [2.45, 2.75) is 45.3 Å². The standard InChI is InChI=1S/C9H19NO/c1-6(2)8-4-3-7(10)5-9(8)11/h6-9,11H,3-5,10H2,1-2H3. The minimum atomic E-state index is -0.154. The van der Waals surface area contributed by atoms with Crippen molar-refractivity contribution in [3.63, 3.8) is 0 Å². The second-order valence-corrected chi connectivity index (χ2v) is 4.05. The van der Waals surface area contributed by atoms with Gasteiger partial charge in [-0.3, -0.25) is 0 Å². The molecule has 3 unspecified atom stereocenters. The zero-order valence-electron chi connectivity index (χ0n) is 7.46. The summed E-state index contributed by atoms with van der Waals surface area (Å²) in [4.78, 5) is 0. The first-order valence-electron chi connectivity index (χ1n) is 4.55. The van der Waals surface area contributed by atoms with Crippen LogP contribution in [-0.2, 0) is 0 Å². The molecule has 3 N–H and O–H groups in total. The van der Waals surface area contributed by atoms with Crippen molar-refractivity contribution < 1.29 is 5.11 Å². The monoisotopic (exact) mass is 157 g/mol. The van der Waals surface area contributed by atoms with E-state index in [0.29, 0.717) is 11.8 Å². The fourth-order valence-electron chi connectivity index (χ4n) is 1.98. The van der Waals surface area contributed by atoms with E-state index in [0.717, 1.165) is 19.3 Å². The summed E-state index contributed by atoms with van der Waals surface area (Å²) in [6.45, 7) is 4.34. The zero-order valence-corrected chi connectivity index (χ0v) is 7.46. The first-order valence-corrected chi connectivity index (χ1v) is 4.55. The molecular weight excluding hydrogens is 138 g/mol. The molecule has 0 amide bonds. The van der Waals surface area contributed by atoms with Crippen LogP contribution in [0.25, 0.3) is 0 Å². The molecule has 0 aromatic heterocycles. The Morgan fingerprint density at radius 2 is 2.00 bits per heavy atom. The highest BCUT2D eigenvalue weighted by Gasteiger charge is 2.28. The van der Waals surface area contributed by atoms with Gasteiger partial charge in [0.2, 0.25) is 0 Å². The highest BCUT2D eigenvalue weighted by atomic mass is 16.3. The molecular formula is C9H19NO. The minimum absolute atomic E-state index is 0.154. The molecule has 0 aromatic rings. The summed E-state index contributed by atoms with van der Waals surface area (Å²) in [7, 11) is 0. The van der Waals surface area contributed by atoms with E-state index in [-0.39, 0.29) is 12.1 Å². The molecule has 0 aliphatic heterocycles. The van der Waals surface area contributed by atoms with E-state index >= 15 is 0 Å². The normalized spacial score (nSPS) is 39.5. The largest absolute Gasteiger partial charge is 0.393 e. The molecule has 1 fully saturated rings. The first kappa shape index (κ1) is 9.01. The average molecular weight is 157 g/mol. The van der Waals surface area contributed by atoms with Crippen LogP contribution in [0.3, 0.4) is 0 Å². The van der Waals surface area contributed by atoms with Gasteiger partial charge in [-0.25, -0.2) is 0 Å². The number of aliphatic hydroxyl groups excluding tert-OH is 1. The van der Waals surface area contributed by atoms with Gasteiger partial charge in [0.1, 0.15) is 0 Å². The third kappa shape index (κ3) is 2.17. The predicted octanol–water partition coefficient (Wildman–Crippen LogP) is 1.13. The Bertz CT molecular complexity index is 125. The van der Waals surface area contributed by atoms with Crippen LogP contribution in [0.1, 0.15) is 33.1 Å². The van der Waals surface area contributed by atoms with Crippen molar-refractivity contribution in [1.82, 2.24) is 0 Å². The van der Waals surface area contributed by atoms with Gasteiger partial charge in [-0.05, 0) is 31.1 Å². The van der Waals surface area contributed by atoms with Gasteiger partial charge >= 0.3 is 0 Å². The molecule has 1 aliphatic rings. The SMILES string of the molecule is CC(C)C1CCC(N)CC1O. The van der Waals surface area contributed by atoms with Crippen molar-refractivity contribution in [3.05, 3.63) is 0 Å². The number of hydrogen-bond donors (Lipinski definition) is 2. The molecule has 3 atom stereocenters. The fraction of sp³-hybridized carbons (Fsp3) is 1.00. The second kappa shape index (κ2) is 3.55. The van der Waals surface area contributed by atoms with Crippen LogP contribution in [0.4, 0.5) is 0 Å². The van der Waals surface area contributed by atoms with Crippen molar-refractivity contribution >= 4 is 0 Å². The summed E-state index contributed by atoms with van der Waals surface area (Å²) in [6.07, 6.45) is 2.82. The van der Waals surface area contributed by atoms with Gasteiger partial charge < -0.3 is 10.8 Å². The van der Waals surface area contributed by atoms with Crippen molar-refractivity contribution in [2.75, 3.05) is 0 Å². The Labute approximate surface area is 68.8 Å². The molecule has 0 spiro atoms. The summed E-state index contributed by atoms with van der Waals surface area (Å²) < 4.78 is 0. The Hall–Kier alpha value is -0.0800. The molecule has 1 saturated carbocycles. The minimum Gasteiger partial charge on any atom is -0.393 e. The summed E-state index contributed by atoms with van der Waals surface area (Å²) in [5.74, 6) is 1.08. The van der Waals surface area contributed by atoms with E-state index in [2.05, 4.69) is 13.8 Å². The van der Waals surface area contributed by atoms with Crippen LogP contribution in [0.2, 0.25) is 0 Å². The predicted molar refractivity (Wildman–Crippen MR) is 46.2 cm³/mol. The van der Waals surface area contributed by atoms with Gasteiger partial charge in [0, 0.05) is 6.04 Å².